The van der Waals surface area contributed by atoms with Gasteiger partial charge in [-0.25, -0.2) is 0 Å². The van der Waals surface area contributed by atoms with Gasteiger partial charge in [0, 0.05) is 16.1 Å². The monoisotopic (exact) mass is 238 g/mol. The second kappa shape index (κ2) is 3.30. The minimum absolute atomic E-state index is 0.204. The van der Waals surface area contributed by atoms with Gasteiger partial charge in [-0.05, 0) is 27.6 Å². The summed E-state index contributed by atoms with van der Waals surface area (Å²) in [7, 11) is 0. The second-order valence-electron chi connectivity index (χ2n) is 2.77. The lowest BCUT2D eigenvalue weighted by Crippen LogP contribution is -1.83. The highest BCUT2D eigenvalue weighted by atomic mass is 79.9. The lowest BCUT2D eigenvalue weighted by molar-refractivity contribution is 1.05. The van der Waals surface area contributed by atoms with E-state index < -0.39 is 0 Å². The minimum Gasteiger partial charge on any atom is -0.360 e. The molecule has 1 heterocycles. The molecule has 0 saturated heterocycles. The first-order valence-electron chi connectivity index (χ1n) is 3.86. The highest BCUT2D eigenvalue weighted by Gasteiger charge is 2.05. The summed E-state index contributed by atoms with van der Waals surface area (Å²) < 4.78 is 0.926. The van der Waals surface area contributed by atoms with Crippen LogP contribution in [-0.2, 0) is 6.54 Å². The molecule has 0 unspecified atom stereocenters. The molecule has 2 rings (SSSR count). The molecule has 66 valence electrons. The summed E-state index contributed by atoms with van der Waals surface area (Å²) in [5.41, 5.74) is 1.92. The van der Waals surface area contributed by atoms with Gasteiger partial charge in [0.2, 0.25) is 0 Å². The van der Waals surface area contributed by atoms with E-state index in [-0.39, 0.29) is 6.54 Å². The van der Waals surface area contributed by atoms with Crippen molar-refractivity contribution in [2.24, 2.45) is 5.18 Å². The molecule has 1 aromatic carbocycles. The normalized spacial score (nSPS) is 10.5. The minimum atomic E-state index is 0.204. The fourth-order valence-corrected chi connectivity index (χ4v) is 1.93. The number of hydrogen-bond acceptors (Lipinski definition) is 2. The average molecular weight is 239 g/mol. The summed E-state index contributed by atoms with van der Waals surface area (Å²) in [6.07, 6.45) is 1.87. The number of aromatic amines is 1. The molecule has 2 aromatic rings. The summed E-state index contributed by atoms with van der Waals surface area (Å²) in [4.78, 5) is 13.2. The van der Waals surface area contributed by atoms with E-state index in [9.17, 15) is 4.91 Å². The van der Waals surface area contributed by atoms with Crippen LogP contribution in [-0.4, -0.2) is 4.98 Å². The predicted molar refractivity (Wildman–Crippen MR) is 55.5 cm³/mol. The van der Waals surface area contributed by atoms with Crippen LogP contribution in [0.3, 0.4) is 0 Å². The van der Waals surface area contributed by atoms with Crippen LogP contribution >= 0.6 is 15.9 Å². The van der Waals surface area contributed by atoms with Gasteiger partial charge < -0.3 is 4.98 Å². The Kier molecular flexibility index (Phi) is 2.14. The van der Waals surface area contributed by atoms with Crippen LogP contribution in [0.2, 0.25) is 0 Å². The Hall–Kier alpha value is -1.16. The fourth-order valence-electron chi connectivity index (χ4n) is 1.33. The first-order valence-corrected chi connectivity index (χ1v) is 4.66. The first-order chi connectivity index (χ1) is 6.33. The highest BCUT2D eigenvalue weighted by molar-refractivity contribution is 9.10. The quantitative estimate of drug-likeness (QED) is 0.803. The number of nitrogens with one attached hydrogen (secondary N) is 1. The third kappa shape index (κ3) is 1.37. The largest absolute Gasteiger partial charge is 0.360 e. The molecule has 0 aliphatic rings. The SMILES string of the molecule is O=NCc1ccc2cc[nH]c2c1Br. The number of halogens is 1. The van der Waals surface area contributed by atoms with E-state index in [1.54, 1.807) is 0 Å². The van der Waals surface area contributed by atoms with Gasteiger partial charge >= 0.3 is 0 Å². The Bertz CT molecular complexity index is 450. The van der Waals surface area contributed by atoms with Gasteiger partial charge in [-0.1, -0.05) is 17.3 Å². The Morgan fingerprint density at radius 1 is 1.38 bits per heavy atom. The van der Waals surface area contributed by atoms with Crippen molar-refractivity contribution in [2.45, 2.75) is 6.54 Å². The van der Waals surface area contributed by atoms with Crippen LogP contribution < -0.4 is 0 Å². The van der Waals surface area contributed by atoms with Gasteiger partial charge in [-0.3, -0.25) is 0 Å². The van der Waals surface area contributed by atoms with Crippen molar-refractivity contribution in [1.82, 2.24) is 4.98 Å². The van der Waals surface area contributed by atoms with Crippen molar-refractivity contribution in [1.29, 1.82) is 0 Å². The van der Waals surface area contributed by atoms with Crippen molar-refractivity contribution < 1.29 is 0 Å². The molecule has 0 aliphatic carbocycles. The summed E-state index contributed by atoms with van der Waals surface area (Å²) in [6.45, 7) is 0.204. The third-order valence-corrected chi connectivity index (χ3v) is 2.89. The molecule has 1 N–H and O–H groups in total. The molecule has 13 heavy (non-hydrogen) atoms. The van der Waals surface area contributed by atoms with Gasteiger partial charge in [0.1, 0.15) is 6.54 Å². The van der Waals surface area contributed by atoms with Crippen molar-refractivity contribution in [3.63, 3.8) is 0 Å². The van der Waals surface area contributed by atoms with Gasteiger partial charge in [-0.2, -0.15) is 4.91 Å². The van der Waals surface area contributed by atoms with Gasteiger partial charge in [0.15, 0.2) is 0 Å². The third-order valence-electron chi connectivity index (χ3n) is 1.98. The molecule has 0 saturated carbocycles. The molecule has 0 aliphatic heterocycles. The summed E-state index contributed by atoms with van der Waals surface area (Å²) in [5, 5.41) is 3.99. The molecule has 0 amide bonds. The molecule has 4 heteroatoms. The summed E-state index contributed by atoms with van der Waals surface area (Å²) in [5.74, 6) is 0. The van der Waals surface area contributed by atoms with E-state index in [2.05, 4.69) is 26.1 Å². The van der Waals surface area contributed by atoms with E-state index >= 15 is 0 Å². The number of aromatic nitrogens is 1. The zero-order valence-electron chi connectivity index (χ0n) is 6.75. The summed E-state index contributed by atoms with van der Waals surface area (Å²) in [6, 6.07) is 5.86. The van der Waals surface area contributed by atoms with Gasteiger partial charge in [0.25, 0.3) is 0 Å². The number of nitrogens with zero attached hydrogens (tertiary/aromatic N) is 1. The van der Waals surface area contributed by atoms with Crippen molar-refractivity contribution in [2.75, 3.05) is 0 Å². The molecular formula is C9H7BrN2O. The molecular weight excluding hydrogens is 232 g/mol. The standard InChI is InChI=1S/C9H7BrN2O/c10-8-7(5-12-13)2-1-6-3-4-11-9(6)8/h1-4,11H,5H2. The van der Waals surface area contributed by atoms with Crippen LogP contribution in [0, 0.1) is 4.91 Å². The van der Waals surface area contributed by atoms with Crippen LogP contribution in [0.1, 0.15) is 5.56 Å². The van der Waals surface area contributed by atoms with Crippen LogP contribution in [0.15, 0.2) is 34.0 Å². The fraction of sp³-hybridized carbons (Fsp3) is 0.111. The zero-order valence-corrected chi connectivity index (χ0v) is 8.34. The van der Waals surface area contributed by atoms with Crippen LogP contribution in [0.25, 0.3) is 10.9 Å². The smallest absolute Gasteiger partial charge is 0.107 e. The van der Waals surface area contributed by atoms with Crippen molar-refractivity contribution >= 4 is 26.8 Å². The number of nitroso groups, excluding NO2 is 1. The Morgan fingerprint density at radius 2 is 2.23 bits per heavy atom. The van der Waals surface area contributed by atoms with E-state index in [1.165, 1.54) is 0 Å². The van der Waals surface area contributed by atoms with E-state index in [4.69, 9.17) is 0 Å². The van der Waals surface area contributed by atoms with Gasteiger partial charge in [0.05, 0.1) is 5.52 Å². The number of rotatable bonds is 2. The predicted octanol–water partition coefficient (Wildman–Crippen LogP) is 3.20. The number of benzene rings is 1. The van der Waals surface area contributed by atoms with E-state index in [1.807, 2.05) is 24.4 Å². The molecule has 1 aromatic heterocycles. The highest BCUT2D eigenvalue weighted by Crippen LogP contribution is 2.26. The Morgan fingerprint density at radius 3 is 3.00 bits per heavy atom. The van der Waals surface area contributed by atoms with Crippen LogP contribution in [0.5, 0.6) is 0 Å². The molecule has 0 fully saturated rings. The Balaban J connectivity index is 2.65. The number of H-pyrrole nitrogens is 1. The first kappa shape index (κ1) is 8.44. The zero-order chi connectivity index (χ0) is 9.26. The van der Waals surface area contributed by atoms with Crippen molar-refractivity contribution in [3.05, 3.63) is 39.3 Å². The second-order valence-corrected chi connectivity index (χ2v) is 3.56. The number of hydrogen-bond donors (Lipinski definition) is 1. The number of fused-ring (bicyclic) bond motifs is 1. The topological polar surface area (TPSA) is 45.2 Å². The molecule has 0 spiro atoms. The summed E-state index contributed by atoms with van der Waals surface area (Å²) >= 11 is 3.43. The molecule has 0 radical (unpaired) electrons. The maximum Gasteiger partial charge on any atom is 0.107 e. The lowest BCUT2D eigenvalue weighted by atomic mass is 10.2. The maximum atomic E-state index is 10.1. The molecule has 3 nitrogen and oxygen atoms in total. The lowest BCUT2D eigenvalue weighted by Gasteiger charge is -2.00. The van der Waals surface area contributed by atoms with E-state index in [0.717, 1.165) is 20.9 Å². The molecule has 0 atom stereocenters. The van der Waals surface area contributed by atoms with Gasteiger partial charge in [-0.15, -0.1) is 0 Å². The van der Waals surface area contributed by atoms with Crippen LogP contribution in [0.4, 0.5) is 0 Å². The molecule has 0 bridgehead atoms. The maximum absolute atomic E-state index is 10.1. The van der Waals surface area contributed by atoms with E-state index in [0.29, 0.717) is 0 Å². The average Bonchev–Trinajstić information content (AvgIpc) is 2.58. The van der Waals surface area contributed by atoms with Crippen molar-refractivity contribution in [3.8, 4) is 0 Å². The Labute approximate surface area is 83.2 Å².